The third-order valence-corrected chi connectivity index (χ3v) is 3.83. The molecule has 1 aliphatic rings. The zero-order valence-corrected chi connectivity index (χ0v) is 12.1. The molecule has 3 N–H and O–H groups in total. The van der Waals surface area contributed by atoms with E-state index in [1.807, 2.05) is 6.92 Å². The number of rotatable bonds is 5. The van der Waals surface area contributed by atoms with Crippen molar-refractivity contribution in [3.8, 4) is 0 Å². The Hall–Kier alpha value is -1.63. The second kappa shape index (κ2) is 6.21. The van der Waals surface area contributed by atoms with E-state index in [2.05, 4.69) is 10.4 Å². The van der Waals surface area contributed by atoms with Crippen LogP contribution in [0, 0.1) is 17.0 Å². The van der Waals surface area contributed by atoms with Gasteiger partial charge in [-0.3, -0.25) is 10.1 Å². The van der Waals surface area contributed by atoms with Crippen molar-refractivity contribution in [1.82, 2.24) is 9.78 Å². The lowest BCUT2D eigenvalue weighted by molar-refractivity contribution is -0.384. The highest BCUT2D eigenvalue weighted by Gasteiger charge is 2.28. The van der Waals surface area contributed by atoms with E-state index >= 15 is 0 Å². The summed E-state index contributed by atoms with van der Waals surface area (Å²) in [5.41, 5.74) is 6.47. The molecule has 0 bridgehead atoms. The molecule has 2 rings (SSSR count). The predicted octanol–water partition coefficient (Wildman–Crippen LogP) is 2.19. The van der Waals surface area contributed by atoms with Crippen molar-refractivity contribution in [3.05, 3.63) is 15.8 Å². The van der Waals surface area contributed by atoms with Gasteiger partial charge in [0.25, 0.3) is 0 Å². The molecule has 0 unspecified atom stereocenters. The smallest absolute Gasteiger partial charge is 0.333 e. The van der Waals surface area contributed by atoms with Gasteiger partial charge in [-0.05, 0) is 39.0 Å². The van der Waals surface area contributed by atoms with E-state index in [0.717, 1.165) is 32.1 Å². The van der Waals surface area contributed by atoms with Crippen LogP contribution in [0.4, 0.5) is 11.5 Å². The van der Waals surface area contributed by atoms with E-state index < -0.39 is 0 Å². The molecule has 7 nitrogen and oxygen atoms in total. The van der Waals surface area contributed by atoms with Crippen molar-refractivity contribution >= 4 is 11.5 Å². The Balaban J connectivity index is 2.21. The highest BCUT2D eigenvalue weighted by atomic mass is 16.6. The van der Waals surface area contributed by atoms with Crippen molar-refractivity contribution in [3.63, 3.8) is 0 Å². The number of aryl methyl sites for hydroxylation is 2. The summed E-state index contributed by atoms with van der Waals surface area (Å²) in [5.74, 6) is 0.551. The van der Waals surface area contributed by atoms with Crippen LogP contribution < -0.4 is 11.1 Å². The lowest BCUT2D eigenvalue weighted by Gasteiger charge is -2.27. The summed E-state index contributed by atoms with van der Waals surface area (Å²) in [5, 5.41) is 18.9. The fourth-order valence-corrected chi connectivity index (χ4v) is 2.76. The van der Waals surface area contributed by atoms with Crippen LogP contribution in [0.15, 0.2) is 0 Å². The summed E-state index contributed by atoms with van der Waals surface area (Å²) in [7, 11) is 0. The molecule has 7 heteroatoms. The predicted molar refractivity (Wildman–Crippen MR) is 77.8 cm³/mol. The number of nitrogens with zero attached hydrogens (tertiary/aromatic N) is 3. The molecule has 1 heterocycles. The number of aromatic nitrogens is 2. The molecule has 1 aromatic rings. The van der Waals surface area contributed by atoms with Crippen LogP contribution in [0.25, 0.3) is 0 Å². The number of nitrogens with two attached hydrogens (primary N) is 1. The third-order valence-electron chi connectivity index (χ3n) is 3.83. The highest BCUT2D eigenvalue weighted by molar-refractivity contribution is 5.60. The van der Waals surface area contributed by atoms with Crippen molar-refractivity contribution in [2.45, 2.75) is 64.6 Å². The minimum absolute atomic E-state index is 0.105. The molecule has 0 aliphatic heterocycles. The lowest BCUT2D eigenvalue weighted by Crippen LogP contribution is -2.33. The van der Waals surface area contributed by atoms with E-state index in [1.54, 1.807) is 11.6 Å². The van der Waals surface area contributed by atoms with Gasteiger partial charge < -0.3 is 11.1 Å². The normalized spacial score (nSPS) is 22.8. The summed E-state index contributed by atoms with van der Waals surface area (Å²) in [6, 6.07) is 0.519. The fourth-order valence-electron chi connectivity index (χ4n) is 2.76. The molecule has 0 amide bonds. The van der Waals surface area contributed by atoms with E-state index in [9.17, 15) is 10.1 Å². The Morgan fingerprint density at radius 2 is 2.10 bits per heavy atom. The lowest BCUT2D eigenvalue weighted by atomic mass is 9.92. The summed E-state index contributed by atoms with van der Waals surface area (Å²) in [6.07, 6.45) is 4.73. The Morgan fingerprint density at radius 1 is 1.45 bits per heavy atom. The van der Waals surface area contributed by atoms with Gasteiger partial charge in [0.15, 0.2) is 0 Å². The molecule has 20 heavy (non-hydrogen) atoms. The van der Waals surface area contributed by atoms with Gasteiger partial charge in [-0.25, -0.2) is 4.68 Å². The van der Waals surface area contributed by atoms with E-state index in [4.69, 9.17) is 5.73 Å². The first-order chi connectivity index (χ1) is 9.52. The van der Waals surface area contributed by atoms with Crippen LogP contribution in [0.5, 0.6) is 0 Å². The molecule has 0 spiro atoms. The van der Waals surface area contributed by atoms with Gasteiger partial charge in [-0.15, -0.1) is 0 Å². The van der Waals surface area contributed by atoms with Gasteiger partial charge in [0.1, 0.15) is 5.69 Å². The number of nitrogens with one attached hydrogen (secondary N) is 1. The molecular formula is C13H23N5O2. The maximum atomic E-state index is 11.2. The SMILES string of the molecule is CCCn1nc(C)c([N+](=O)[O-])c1NC1CCC(N)CC1. The average Bonchev–Trinajstić information content (AvgIpc) is 2.69. The molecule has 1 aliphatic carbocycles. The Labute approximate surface area is 118 Å². The first-order valence-electron chi connectivity index (χ1n) is 7.26. The number of nitro groups is 1. The van der Waals surface area contributed by atoms with Crippen molar-refractivity contribution in [2.24, 2.45) is 5.73 Å². The summed E-state index contributed by atoms with van der Waals surface area (Å²) in [6.45, 7) is 4.40. The monoisotopic (exact) mass is 281 g/mol. The molecule has 0 radical (unpaired) electrons. The zero-order chi connectivity index (χ0) is 14.7. The highest BCUT2D eigenvalue weighted by Crippen LogP contribution is 2.31. The van der Waals surface area contributed by atoms with Crippen molar-refractivity contribution < 1.29 is 4.92 Å². The molecule has 1 fully saturated rings. The van der Waals surface area contributed by atoms with Crippen LogP contribution in [-0.2, 0) is 6.54 Å². The summed E-state index contributed by atoms with van der Waals surface area (Å²) in [4.78, 5) is 10.9. The van der Waals surface area contributed by atoms with Crippen LogP contribution in [0.1, 0.15) is 44.7 Å². The minimum Gasteiger partial charge on any atom is -0.362 e. The number of hydrogen-bond acceptors (Lipinski definition) is 5. The van der Waals surface area contributed by atoms with Gasteiger partial charge in [-0.1, -0.05) is 6.92 Å². The van der Waals surface area contributed by atoms with Gasteiger partial charge in [-0.2, -0.15) is 5.10 Å². The third kappa shape index (κ3) is 3.09. The van der Waals surface area contributed by atoms with Gasteiger partial charge in [0, 0.05) is 18.6 Å². The van der Waals surface area contributed by atoms with Gasteiger partial charge >= 0.3 is 5.69 Å². The van der Waals surface area contributed by atoms with Crippen LogP contribution in [0.3, 0.4) is 0 Å². The summed E-state index contributed by atoms with van der Waals surface area (Å²) < 4.78 is 1.72. The Kier molecular flexibility index (Phi) is 4.59. The van der Waals surface area contributed by atoms with Crippen molar-refractivity contribution in [1.29, 1.82) is 0 Å². The fraction of sp³-hybridized carbons (Fsp3) is 0.769. The number of anilines is 1. The van der Waals surface area contributed by atoms with Gasteiger partial charge in [0.2, 0.25) is 5.82 Å². The maximum absolute atomic E-state index is 11.2. The standard InChI is InChI=1S/C13H23N5O2/c1-3-8-17-13(12(18(19)20)9(2)16-17)15-11-6-4-10(14)5-7-11/h10-11,15H,3-8,14H2,1-2H3. The average molecular weight is 281 g/mol. The minimum atomic E-state index is -0.342. The number of hydrogen-bond donors (Lipinski definition) is 2. The molecule has 0 atom stereocenters. The molecule has 112 valence electrons. The van der Waals surface area contributed by atoms with E-state index in [-0.39, 0.29) is 22.7 Å². The quantitative estimate of drug-likeness (QED) is 0.636. The first kappa shape index (κ1) is 14.8. The molecule has 0 saturated heterocycles. The largest absolute Gasteiger partial charge is 0.362 e. The first-order valence-corrected chi connectivity index (χ1v) is 7.26. The van der Waals surface area contributed by atoms with Crippen molar-refractivity contribution in [2.75, 3.05) is 5.32 Å². The van der Waals surface area contributed by atoms with Crippen LogP contribution >= 0.6 is 0 Å². The molecule has 1 aromatic heterocycles. The Bertz CT molecular complexity index is 477. The van der Waals surface area contributed by atoms with E-state index in [1.165, 1.54) is 0 Å². The van der Waals surface area contributed by atoms with Gasteiger partial charge in [0.05, 0.1) is 4.92 Å². The molecule has 1 saturated carbocycles. The zero-order valence-electron chi connectivity index (χ0n) is 12.1. The topological polar surface area (TPSA) is 99.0 Å². The second-order valence-electron chi connectivity index (χ2n) is 5.52. The Morgan fingerprint density at radius 3 is 2.65 bits per heavy atom. The second-order valence-corrected chi connectivity index (χ2v) is 5.52. The van der Waals surface area contributed by atoms with Crippen LogP contribution in [-0.4, -0.2) is 26.8 Å². The maximum Gasteiger partial charge on any atom is 0.333 e. The molecule has 0 aromatic carbocycles. The summed E-state index contributed by atoms with van der Waals surface area (Å²) >= 11 is 0. The van der Waals surface area contributed by atoms with E-state index in [0.29, 0.717) is 18.1 Å². The van der Waals surface area contributed by atoms with Crippen LogP contribution in [0.2, 0.25) is 0 Å². The molecular weight excluding hydrogens is 258 g/mol.